The van der Waals surface area contributed by atoms with E-state index in [9.17, 15) is 9.59 Å². The van der Waals surface area contributed by atoms with Gasteiger partial charge in [-0.05, 0) is 37.6 Å². The zero-order chi connectivity index (χ0) is 17.7. The lowest BCUT2D eigenvalue weighted by Crippen LogP contribution is -2.32. The summed E-state index contributed by atoms with van der Waals surface area (Å²) in [6, 6.07) is 6.27. The van der Waals surface area contributed by atoms with Crippen LogP contribution in [-0.2, 0) is 0 Å². The topological polar surface area (TPSA) is 71.1 Å². The molecule has 0 aliphatic rings. The van der Waals surface area contributed by atoms with E-state index in [0.717, 1.165) is 6.42 Å². The molecule has 2 rings (SSSR count). The van der Waals surface area contributed by atoms with E-state index in [-0.39, 0.29) is 17.5 Å². The maximum atomic E-state index is 12.3. The lowest BCUT2D eigenvalue weighted by molar-refractivity contribution is 0.0939. The Morgan fingerprint density at radius 1 is 1.04 bits per heavy atom. The fourth-order valence-electron chi connectivity index (χ4n) is 1.93. The number of hydrogen-bond donors (Lipinski definition) is 2. The van der Waals surface area contributed by atoms with E-state index in [1.54, 1.807) is 18.2 Å². The molecule has 0 fully saturated rings. The first-order valence-electron chi connectivity index (χ1n) is 7.42. The van der Waals surface area contributed by atoms with Crippen LogP contribution in [0, 0.1) is 0 Å². The molecule has 0 aliphatic heterocycles. The number of carbonyl (C=O) groups is 2. The van der Waals surface area contributed by atoms with E-state index in [1.807, 2.05) is 13.8 Å². The van der Waals surface area contributed by atoms with E-state index in [0.29, 0.717) is 21.3 Å². The third-order valence-corrected chi connectivity index (χ3v) is 3.81. The van der Waals surface area contributed by atoms with Crippen molar-refractivity contribution in [2.75, 3.05) is 5.32 Å². The highest BCUT2D eigenvalue weighted by molar-refractivity contribution is 6.35. The number of carbonyl (C=O) groups excluding carboxylic acids is 2. The Bertz CT molecular complexity index is 745. The summed E-state index contributed by atoms with van der Waals surface area (Å²) in [6.45, 7) is 3.88. The quantitative estimate of drug-likeness (QED) is 0.834. The third kappa shape index (κ3) is 4.94. The maximum absolute atomic E-state index is 12.3. The first-order chi connectivity index (χ1) is 11.4. The van der Waals surface area contributed by atoms with E-state index in [4.69, 9.17) is 23.2 Å². The number of anilines is 1. The molecule has 1 aromatic carbocycles. The molecular weight excluding hydrogens is 349 g/mol. The van der Waals surface area contributed by atoms with Crippen molar-refractivity contribution < 1.29 is 9.59 Å². The van der Waals surface area contributed by atoms with Crippen molar-refractivity contribution in [1.29, 1.82) is 0 Å². The third-order valence-electron chi connectivity index (χ3n) is 3.37. The van der Waals surface area contributed by atoms with Crippen LogP contribution in [0.1, 0.15) is 41.0 Å². The molecular formula is C17H17Cl2N3O2. The normalized spacial score (nSPS) is 11.7. The minimum atomic E-state index is -0.404. The van der Waals surface area contributed by atoms with Crippen molar-refractivity contribution in [2.24, 2.45) is 0 Å². The van der Waals surface area contributed by atoms with Gasteiger partial charge in [-0.25, -0.2) is 0 Å². The van der Waals surface area contributed by atoms with Gasteiger partial charge in [0.2, 0.25) is 0 Å². The van der Waals surface area contributed by atoms with Crippen molar-refractivity contribution >= 4 is 40.7 Å². The predicted molar refractivity (Wildman–Crippen MR) is 95.9 cm³/mol. The Hall–Kier alpha value is -2.11. The van der Waals surface area contributed by atoms with Crippen LogP contribution in [0.15, 0.2) is 36.7 Å². The molecule has 1 aromatic heterocycles. The highest BCUT2D eigenvalue weighted by atomic mass is 35.5. The van der Waals surface area contributed by atoms with Crippen LogP contribution in [0.5, 0.6) is 0 Å². The van der Waals surface area contributed by atoms with Gasteiger partial charge in [0.1, 0.15) is 0 Å². The van der Waals surface area contributed by atoms with Gasteiger partial charge in [-0.2, -0.15) is 0 Å². The molecule has 126 valence electrons. The Labute approximate surface area is 150 Å². The summed E-state index contributed by atoms with van der Waals surface area (Å²) in [6.07, 6.45) is 3.63. The number of pyridine rings is 1. The molecule has 0 spiro atoms. The van der Waals surface area contributed by atoms with Crippen molar-refractivity contribution in [3.05, 3.63) is 57.8 Å². The standard InChI is InChI=1S/C17H17Cl2N3O2/c1-3-10(2)21-16(23)11-4-12(9-20-8-11)17(24)22-15-6-13(18)5-14(19)7-15/h4-10H,3H2,1-2H3,(H,21,23)(H,22,24). The lowest BCUT2D eigenvalue weighted by atomic mass is 10.1. The Morgan fingerprint density at radius 2 is 1.62 bits per heavy atom. The molecule has 1 heterocycles. The smallest absolute Gasteiger partial charge is 0.257 e. The Morgan fingerprint density at radius 3 is 2.21 bits per heavy atom. The van der Waals surface area contributed by atoms with Crippen LogP contribution in [0.4, 0.5) is 5.69 Å². The van der Waals surface area contributed by atoms with Gasteiger partial charge < -0.3 is 10.6 Å². The largest absolute Gasteiger partial charge is 0.350 e. The van der Waals surface area contributed by atoms with Crippen LogP contribution >= 0.6 is 23.2 Å². The van der Waals surface area contributed by atoms with Gasteiger partial charge in [-0.3, -0.25) is 14.6 Å². The number of hydrogen-bond acceptors (Lipinski definition) is 3. The molecule has 1 unspecified atom stereocenters. The van der Waals surface area contributed by atoms with E-state index >= 15 is 0 Å². The minimum absolute atomic E-state index is 0.0450. The van der Waals surface area contributed by atoms with Crippen molar-refractivity contribution in [3.8, 4) is 0 Å². The minimum Gasteiger partial charge on any atom is -0.350 e. The second-order valence-electron chi connectivity index (χ2n) is 5.36. The number of rotatable bonds is 5. The van der Waals surface area contributed by atoms with E-state index in [1.165, 1.54) is 18.5 Å². The summed E-state index contributed by atoms with van der Waals surface area (Å²) in [7, 11) is 0. The number of benzene rings is 1. The molecule has 0 radical (unpaired) electrons. The van der Waals surface area contributed by atoms with Crippen molar-refractivity contribution in [1.82, 2.24) is 10.3 Å². The van der Waals surface area contributed by atoms with Gasteiger partial charge in [0.05, 0.1) is 11.1 Å². The summed E-state index contributed by atoms with van der Waals surface area (Å²) < 4.78 is 0. The van der Waals surface area contributed by atoms with E-state index < -0.39 is 5.91 Å². The van der Waals surface area contributed by atoms with Crippen LogP contribution in [0.25, 0.3) is 0 Å². The second-order valence-corrected chi connectivity index (χ2v) is 6.23. The zero-order valence-corrected chi connectivity index (χ0v) is 14.8. The highest BCUT2D eigenvalue weighted by Crippen LogP contribution is 2.22. The summed E-state index contributed by atoms with van der Waals surface area (Å²) in [5.74, 6) is -0.670. The Balaban J connectivity index is 2.15. The molecule has 0 saturated heterocycles. The zero-order valence-electron chi connectivity index (χ0n) is 13.3. The maximum Gasteiger partial charge on any atom is 0.257 e. The van der Waals surface area contributed by atoms with Gasteiger partial charge in [-0.15, -0.1) is 0 Å². The first-order valence-corrected chi connectivity index (χ1v) is 8.18. The average Bonchev–Trinajstić information content (AvgIpc) is 2.53. The highest BCUT2D eigenvalue weighted by Gasteiger charge is 2.13. The van der Waals surface area contributed by atoms with Gasteiger partial charge in [0, 0.05) is 34.2 Å². The fourth-order valence-corrected chi connectivity index (χ4v) is 2.45. The van der Waals surface area contributed by atoms with Crippen LogP contribution in [0.3, 0.4) is 0 Å². The van der Waals surface area contributed by atoms with Crippen LogP contribution in [-0.4, -0.2) is 22.8 Å². The van der Waals surface area contributed by atoms with Gasteiger partial charge in [0.15, 0.2) is 0 Å². The molecule has 1 atom stereocenters. The monoisotopic (exact) mass is 365 g/mol. The molecule has 7 heteroatoms. The number of nitrogens with one attached hydrogen (secondary N) is 2. The Kier molecular flexibility index (Phi) is 6.17. The predicted octanol–water partition coefficient (Wildman–Crippen LogP) is 4.17. The van der Waals surface area contributed by atoms with Gasteiger partial charge >= 0.3 is 0 Å². The lowest BCUT2D eigenvalue weighted by Gasteiger charge is -2.12. The van der Waals surface area contributed by atoms with Crippen LogP contribution in [0.2, 0.25) is 10.0 Å². The molecule has 24 heavy (non-hydrogen) atoms. The van der Waals surface area contributed by atoms with E-state index in [2.05, 4.69) is 15.6 Å². The summed E-state index contributed by atoms with van der Waals surface area (Å²) >= 11 is 11.8. The number of halogens is 2. The summed E-state index contributed by atoms with van der Waals surface area (Å²) in [5.41, 5.74) is 1.06. The summed E-state index contributed by atoms with van der Waals surface area (Å²) in [5, 5.41) is 6.34. The number of amides is 2. The SMILES string of the molecule is CCC(C)NC(=O)c1cncc(C(=O)Nc2cc(Cl)cc(Cl)c2)c1. The molecule has 2 N–H and O–H groups in total. The second kappa shape index (κ2) is 8.13. The number of nitrogens with zero attached hydrogens (tertiary/aromatic N) is 1. The van der Waals surface area contributed by atoms with Crippen molar-refractivity contribution in [2.45, 2.75) is 26.3 Å². The molecule has 2 amide bonds. The van der Waals surface area contributed by atoms with Gasteiger partial charge in [-0.1, -0.05) is 30.1 Å². The van der Waals surface area contributed by atoms with Gasteiger partial charge in [0.25, 0.3) is 11.8 Å². The molecule has 0 bridgehead atoms. The molecule has 5 nitrogen and oxygen atoms in total. The molecule has 0 saturated carbocycles. The fraction of sp³-hybridized carbons (Fsp3) is 0.235. The summed E-state index contributed by atoms with van der Waals surface area (Å²) in [4.78, 5) is 28.4. The molecule has 0 aliphatic carbocycles. The first kappa shape index (κ1) is 18.2. The number of aromatic nitrogens is 1. The van der Waals surface area contributed by atoms with Crippen LogP contribution < -0.4 is 10.6 Å². The van der Waals surface area contributed by atoms with Crippen molar-refractivity contribution in [3.63, 3.8) is 0 Å². The average molecular weight is 366 g/mol. The molecule has 2 aromatic rings.